The van der Waals surface area contributed by atoms with E-state index in [9.17, 15) is 0 Å². The van der Waals surface area contributed by atoms with Crippen molar-refractivity contribution in [3.05, 3.63) is 53.3 Å². The lowest BCUT2D eigenvalue weighted by atomic mass is 10.1. The van der Waals surface area contributed by atoms with Gasteiger partial charge < -0.3 is 5.32 Å². The largest absolute Gasteiger partial charge is 0.313 e. The lowest BCUT2D eigenvalue weighted by Crippen LogP contribution is -2.16. The molecule has 1 heterocycles. The zero-order valence-corrected chi connectivity index (χ0v) is 12.8. The Kier molecular flexibility index (Phi) is 5.36. The summed E-state index contributed by atoms with van der Waals surface area (Å²) in [7, 11) is 0. The number of hydrogen-bond acceptors (Lipinski definition) is 2. The molecule has 2 rings (SSSR count). The van der Waals surface area contributed by atoms with Crippen LogP contribution in [0.4, 0.5) is 0 Å². The Hall–Kier alpha value is -1.61. The van der Waals surface area contributed by atoms with Gasteiger partial charge in [-0.25, -0.2) is 0 Å². The van der Waals surface area contributed by atoms with Crippen LogP contribution in [0.3, 0.4) is 0 Å². The zero-order valence-electron chi connectivity index (χ0n) is 12.8. The summed E-state index contributed by atoms with van der Waals surface area (Å²) in [6.45, 7) is 9.48. The summed E-state index contributed by atoms with van der Waals surface area (Å²) in [5.74, 6) is 0.486. The van der Waals surface area contributed by atoms with Crippen molar-refractivity contribution in [2.24, 2.45) is 0 Å². The fourth-order valence-electron chi connectivity index (χ4n) is 2.52. The molecule has 0 saturated heterocycles. The van der Waals surface area contributed by atoms with Crippen LogP contribution in [0.5, 0.6) is 0 Å². The van der Waals surface area contributed by atoms with Crippen molar-refractivity contribution in [3.63, 3.8) is 0 Å². The second-order valence-corrected chi connectivity index (χ2v) is 5.53. The molecule has 1 N–H and O–H groups in total. The molecule has 0 aliphatic heterocycles. The van der Waals surface area contributed by atoms with Crippen molar-refractivity contribution in [1.29, 1.82) is 0 Å². The van der Waals surface area contributed by atoms with Gasteiger partial charge in [0.1, 0.15) is 0 Å². The molecule has 20 heavy (non-hydrogen) atoms. The van der Waals surface area contributed by atoms with Crippen LogP contribution in [0.1, 0.15) is 49.9 Å². The summed E-state index contributed by atoms with van der Waals surface area (Å²) in [6, 6.07) is 10.5. The van der Waals surface area contributed by atoms with E-state index in [0.29, 0.717) is 5.92 Å². The molecule has 0 saturated carbocycles. The Bertz CT molecular complexity index is 514. The van der Waals surface area contributed by atoms with Crippen LogP contribution in [-0.4, -0.2) is 16.3 Å². The minimum Gasteiger partial charge on any atom is -0.313 e. The van der Waals surface area contributed by atoms with Gasteiger partial charge in [-0.15, -0.1) is 0 Å². The first kappa shape index (κ1) is 14.8. The Morgan fingerprint density at radius 3 is 2.60 bits per heavy atom. The molecule has 0 atom stereocenters. The molecular formula is C17H25N3. The monoisotopic (exact) mass is 271 g/mol. The molecule has 0 aliphatic rings. The van der Waals surface area contributed by atoms with E-state index in [0.717, 1.165) is 26.1 Å². The lowest BCUT2D eigenvalue weighted by molar-refractivity contribution is 0.605. The van der Waals surface area contributed by atoms with Crippen LogP contribution in [0.25, 0.3) is 0 Å². The molecule has 3 nitrogen and oxygen atoms in total. The highest BCUT2D eigenvalue weighted by Gasteiger charge is 2.14. The van der Waals surface area contributed by atoms with Crippen molar-refractivity contribution in [1.82, 2.24) is 15.1 Å². The topological polar surface area (TPSA) is 29.9 Å². The molecule has 0 aliphatic carbocycles. The Balaban J connectivity index is 2.16. The van der Waals surface area contributed by atoms with E-state index in [4.69, 9.17) is 0 Å². The van der Waals surface area contributed by atoms with Gasteiger partial charge in [-0.05, 0) is 24.4 Å². The predicted molar refractivity (Wildman–Crippen MR) is 83.9 cm³/mol. The van der Waals surface area contributed by atoms with Crippen molar-refractivity contribution in [2.75, 3.05) is 6.54 Å². The van der Waals surface area contributed by atoms with Crippen molar-refractivity contribution in [2.45, 2.75) is 46.2 Å². The van der Waals surface area contributed by atoms with Gasteiger partial charge in [-0.1, -0.05) is 51.1 Å². The number of rotatable bonds is 7. The number of hydrogen-bond donors (Lipinski definition) is 1. The van der Waals surface area contributed by atoms with E-state index < -0.39 is 0 Å². The maximum absolute atomic E-state index is 4.59. The molecule has 2 aromatic rings. The van der Waals surface area contributed by atoms with Crippen LogP contribution in [0.15, 0.2) is 36.5 Å². The summed E-state index contributed by atoms with van der Waals surface area (Å²) in [5.41, 5.74) is 3.97. The van der Waals surface area contributed by atoms with Gasteiger partial charge in [0.25, 0.3) is 0 Å². The van der Waals surface area contributed by atoms with E-state index in [1.807, 2.05) is 6.20 Å². The second kappa shape index (κ2) is 7.25. The normalized spacial score (nSPS) is 11.2. The Morgan fingerprint density at radius 2 is 1.95 bits per heavy atom. The van der Waals surface area contributed by atoms with Crippen LogP contribution in [-0.2, 0) is 13.1 Å². The van der Waals surface area contributed by atoms with Gasteiger partial charge in [0.2, 0.25) is 0 Å². The minimum atomic E-state index is 0.486. The highest BCUT2D eigenvalue weighted by Crippen LogP contribution is 2.20. The van der Waals surface area contributed by atoms with Crippen molar-refractivity contribution < 1.29 is 0 Å². The minimum absolute atomic E-state index is 0.486. The van der Waals surface area contributed by atoms with Gasteiger partial charge in [0.05, 0.1) is 12.7 Å². The molecule has 0 amide bonds. The number of nitrogens with one attached hydrogen (secondary N) is 1. The highest BCUT2D eigenvalue weighted by molar-refractivity contribution is 5.23. The van der Waals surface area contributed by atoms with Gasteiger partial charge in [0.15, 0.2) is 0 Å². The van der Waals surface area contributed by atoms with Gasteiger partial charge in [-0.3, -0.25) is 4.68 Å². The van der Waals surface area contributed by atoms with E-state index in [-0.39, 0.29) is 0 Å². The van der Waals surface area contributed by atoms with E-state index in [1.165, 1.54) is 16.8 Å². The summed E-state index contributed by atoms with van der Waals surface area (Å²) in [5, 5.41) is 8.06. The molecule has 0 spiro atoms. The van der Waals surface area contributed by atoms with Gasteiger partial charge >= 0.3 is 0 Å². The lowest BCUT2D eigenvalue weighted by Gasteiger charge is -2.13. The fraction of sp³-hybridized carbons (Fsp3) is 0.471. The third-order valence-electron chi connectivity index (χ3n) is 3.42. The van der Waals surface area contributed by atoms with Crippen molar-refractivity contribution >= 4 is 0 Å². The molecule has 0 unspecified atom stereocenters. The molecule has 0 radical (unpaired) electrons. The number of nitrogens with zero attached hydrogens (tertiary/aromatic N) is 2. The predicted octanol–water partition coefficient (Wildman–Crippen LogP) is 3.55. The van der Waals surface area contributed by atoms with E-state index in [1.54, 1.807) is 0 Å². The first-order valence-electron chi connectivity index (χ1n) is 7.51. The summed E-state index contributed by atoms with van der Waals surface area (Å²) >= 11 is 0. The smallest absolute Gasteiger partial charge is 0.0662 e. The maximum Gasteiger partial charge on any atom is 0.0662 e. The molecule has 1 aromatic carbocycles. The van der Waals surface area contributed by atoms with Crippen molar-refractivity contribution in [3.8, 4) is 0 Å². The van der Waals surface area contributed by atoms with E-state index >= 15 is 0 Å². The van der Waals surface area contributed by atoms with Crippen LogP contribution < -0.4 is 5.32 Å². The SMILES string of the molecule is CCCNCc1cnn(Cc2ccccc2)c1C(C)C. The molecule has 108 valence electrons. The molecule has 3 heteroatoms. The Labute approximate surface area is 122 Å². The van der Waals surface area contributed by atoms with E-state index in [2.05, 4.69) is 66.2 Å². The number of benzene rings is 1. The molecule has 0 bridgehead atoms. The average molecular weight is 271 g/mol. The first-order chi connectivity index (χ1) is 9.72. The van der Waals surface area contributed by atoms with Crippen LogP contribution >= 0.6 is 0 Å². The van der Waals surface area contributed by atoms with Gasteiger partial charge in [0, 0.05) is 17.8 Å². The quantitative estimate of drug-likeness (QED) is 0.780. The summed E-state index contributed by atoms with van der Waals surface area (Å²) in [4.78, 5) is 0. The fourth-order valence-corrected chi connectivity index (χ4v) is 2.52. The third-order valence-corrected chi connectivity index (χ3v) is 3.42. The highest BCUT2D eigenvalue weighted by atomic mass is 15.3. The Morgan fingerprint density at radius 1 is 1.20 bits per heavy atom. The maximum atomic E-state index is 4.59. The molecule has 0 fully saturated rings. The standard InChI is InChI=1S/C17H25N3/c1-4-10-18-11-16-12-19-20(17(16)14(2)3)13-15-8-6-5-7-9-15/h5-9,12,14,18H,4,10-11,13H2,1-3H3. The van der Waals surface area contributed by atoms with Gasteiger partial charge in [-0.2, -0.15) is 5.10 Å². The molecule has 1 aromatic heterocycles. The third kappa shape index (κ3) is 3.70. The summed E-state index contributed by atoms with van der Waals surface area (Å²) in [6.07, 6.45) is 3.18. The second-order valence-electron chi connectivity index (χ2n) is 5.53. The first-order valence-corrected chi connectivity index (χ1v) is 7.51. The molecular weight excluding hydrogens is 246 g/mol. The number of aromatic nitrogens is 2. The zero-order chi connectivity index (χ0) is 14.4. The van der Waals surface area contributed by atoms with Crippen LogP contribution in [0.2, 0.25) is 0 Å². The summed E-state index contributed by atoms with van der Waals surface area (Å²) < 4.78 is 2.14. The van der Waals surface area contributed by atoms with Crippen LogP contribution in [0, 0.1) is 0 Å². The average Bonchev–Trinajstić information content (AvgIpc) is 2.83.